The van der Waals surface area contributed by atoms with E-state index in [1.165, 1.54) is 11.3 Å². The van der Waals surface area contributed by atoms with Gasteiger partial charge < -0.3 is 9.47 Å². The minimum atomic E-state index is -0.253. The molecule has 3 nitrogen and oxygen atoms in total. The third-order valence-electron chi connectivity index (χ3n) is 2.76. The fraction of sp³-hybridized carbons (Fsp3) is 0.615. The Morgan fingerprint density at radius 1 is 1.35 bits per heavy atom. The van der Waals surface area contributed by atoms with Crippen LogP contribution in [0.1, 0.15) is 53.4 Å². The van der Waals surface area contributed by atoms with Crippen LogP contribution in [0.2, 0.25) is 0 Å². The summed E-state index contributed by atoms with van der Waals surface area (Å²) in [5, 5.41) is 0. The minimum Gasteiger partial charge on any atom is -0.345 e. The number of rotatable bonds is 6. The molecule has 1 saturated heterocycles. The molecule has 0 amide bonds. The molecule has 0 bridgehead atoms. The van der Waals surface area contributed by atoms with Gasteiger partial charge in [-0.1, -0.05) is 19.8 Å². The van der Waals surface area contributed by atoms with E-state index in [1.807, 2.05) is 12.1 Å². The Kier molecular flexibility index (Phi) is 4.71. The monoisotopic (exact) mass is 254 g/mol. The fourth-order valence-electron chi connectivity index (χ4n) is 1.81. The highest BCUT2D eigenvalue weighted by Crippen LogP contribution is 2.30. The number of ether oxygens (including phenoxy) is 2. The van der Waals surface area contributed by atoms with E-state index in [4.69, 9.17) is 9.47 Å². The van der Waals surface area contributed by atoms with Crippen LogP contribution in [-0.2, 0) is 9.47 Å². The van der Waals surface area contributed by atoms with E-state index in [0.717, 1.165) is 29.0 Å². The Labute approximate surface area is 106 Å². The summed E-state index contributed by atoms with van der Waals surface area (Å²) in [6, 6.07) is 3.83. The summed E-state index contributed by atoms with van der Waals surface area (Å²) in [7, 11) is 0. The van der Waals surface area contributed by atoms with Crippen LogP contribution in [0.5, 0.6) is 0 Å². The molecule has 0 N–H and O–H groups in total. The van der Waals surface area contributed by atoms with E-state index in [9.17, 15) is 4.79 Å². The lowest BCUT2D eigenvalue weighted by Crippen LogP contribution is -1.96. The van der Waals surface area contributed by atoms with E-state index in [1.54, 1.807) is 0 Å². The summed E-state index contributed by atoms with van der Waals surface area (Å²) in [4.78, 5) is 13.7. The van der Waals surface area contributed by atoms with Gasteiger partial charge in [0, 0.05) is 6.42 Å². The first-order valence-electron chi connectivity index (χ1n) is 6.17. The van der Waals surface area contributed by atoms with Crippen molar-refractivity contribution in [1.29, 1.82) is 0 Å². The number of thiophene rings is 1. The molecule has 1 aromatic heterocycles. The lowest BCUT2D eigenvalue weighted by atomic mass is 10.1. The second-order valence-electron chi connectivity index (χ2n) is 4.16. The Hall–Kier alpha value is -0.710. The minimum absolute atomic E-state index is 0.243. The zero-order valence-electron chi connectivity index (χ0n) is 10.1. The molecule has 4 heteroatoms. The predicted octanol–water partition coefficient (Wildman–Crippen LogP) is 3.56. The van der Waals surface area contributed by atoms with Crippen molar-refractivity contribution in [2.24, 2.45) is 0 Å². The van der Waals surface area contributed by atoms with Crippen LogP contribution in [0, 0.1) is 0 Å². The van der Waals surface area contributed by atoms with Gasteiger partial charge in [-0.3, -0.25) is 4.79 Å². The van der Waals surface area contributed by atoms with Gasteiger partial charge in [-0.15, -0.1) is 11.3 Å². The van der Waals surface area contributed by atoms with E-state index in [2.05, 4.69) is 6.92 Å². The van der Waals surface area contributed by atoms with Gasteiger partial charge in [-0.2, -0.15) is 0 Å². The molecule has 0 radical (unpaired) electrons. The first-order valence-corrected chi connectivity index (χ1v) is 6.99. The average molecular weight is 254 g/mol. The topological polar surface area (TPSA) is 35.5 Å². The molecule has 0 atom stereocenters. The van der Waals surface area contributed by atoms with E-state index < -0.39 is 0 Å². The highest BCUT2D eigenvalue weighted by atomic mass is 32.1. The summed E-state index contributed by atoms with van der Waals surface area (Å²) in [6.07, 6.45) is 3.65. The van der Waals surface area contributed by atoms with E-state index >= 15 is 0 Å². The first-order chi connectivity index (χ1) is 8.31. The van der Waals surface area contributed by atoms with Crippen LogP contribution in [-0.4, -0.2) is 19.0 Å². The average Bonchev–Trinajstić information content (AvgIpc) is 3.00. The van der Waals surface area contributed by atoms with Crippen LogP contribution >= 0.6 is 11.3 Å². The lowest BCUT2D eigenvalue weighted by Gasteiger charge is -2.04. The lowest BCUT2D eigenvalue weighted by molar-refractivity contribution is -0.0413. The first kappa shape index (κ1) is 12.7. The van der Waals surface area contributed by atoms with Gasteiger partial charge >= 0.3 is 0 Å². The predicted molar refractivity (Wildman–Crippen MR) is 67.4 cm³/mol. The molecule has 0 aromatic carbocycles. The molecule has 0 spiro atoms. The number of hydrogen-bond donors (Lipinski definition) is 0. The third-order valence-corrected chi connectivity index (χ3v) is 3.91. The van der Waals surface area contributed by atoms with Crippen molar-refractivity contribution in [3.8, 4) is 0 Å². The fourth-order valence-corrected chi connectivity index (χ4v) is 2.79. The summed E-state index contributed by atoms with van der Waals surface area (Å²) < 4.78 is 10.8. The van der Waals surface area contributed by atoms with E-state index in [0.29, 0.717) is 19.6 Å². The molecule has 17 heavy (non-hydrogen) atoms. The second kappa shape index (κ2) is 6.28. The normalized spacial score (nSPS) is 16.5. The highest BCUT2D eigenvalue weighted by molar-refractivity contribution is 7.14. The van der Waals surface area contributed by atoms with Crippen molar-refractivity contribution in [1.82, 2.24) is 0 Å². The van der Waals surface area contributed by atoms with Crippen LogP contribution < -0.4 is 0 Å². The van der Waals surface area contributed by atoms with Crippen LogP contribution in [0.4, 0.5) is 0 Å². The maximum absolute atomic E-state index is 11.9. The summed E-state index contributed by atoms with van der Waals surface area (Å²) in [5.41, 5.74) is 0. The van der Waals surface area contributed by atoms with Crippen molar-refractivity contribution in [2.75, 3.05) is 13.2 Å². The molecule has 1 aliphatic heterocycles. The van der Waals surface area contributed by atoms with Gasteiger partial charge in [0.2, 0.25) is 0 Å². The van der Waals surface area contributed by atoms with Crippen LogP contribution in [0.3, 0.4) is 0 Å². The Morgan fingerprint density at radius 3 is 2.82 bits per heavy atom. The van der Waals surface area contributed by atoms with Gasteiger partial charge in [0.25, 0.3) is 0 Å². The largest absolute Gasteiger partial charge is 0.345 e. The highest BCUT2D eigenvalue weighted by Gasteiger charge is 2.21. The number of unbranched alkanes of at least 4 members (excludes halogenated alkanes) is 2. The van der Waals surface area contributed by atoms with E-state index in [-0.39, 0.29) is 12.1 Å². The van der Waals surface area contributed by atoms with Crippen molar-refractivity contribution >= 4 is 17.1 Å². The van der Waals surface area contributed by atoms with Crippen LogP contribution in [0.25, 0.3) is 0 Å². The van der Waals surface area contributed by atoms with Crippen molar-refractivity contribution in [3.05, 3.63) is 21.9 Å². The Balaban J connectivity index is 1.90. The molecule has 2 heterocycles. The summed E-state index contributed by atoms with van der Waals surface area (Å²) in [5.74, 6) is 0.243. The summed E-state index contributed by atoms with van der Waals surface area (Å²) >= 11 is 1.50. The molecule has 94 valence electrons. The molecule has 0 unspecified atom stereocenters. The van der Waals surface area contributed by atoms with Gasteiger partial charge in [-0.25, -0.2) is 0 Å². The number of carbonyl (C=O) groups excluding carboxylic acids is 1. The molecule has 1 fully saturated rings. The van der Waals surface area contributed by atoms with Gasteiger partial charge in [0.15, 0.2) is 12.1 Å². The number of hydrogen-bond acceptors (Lipinski definition) is 4. The van der Waals surface area contributed by atoms with Gasteiger partial charge in [0.1, 0.15) is 0 Å². The summed E-state index contributed by atoms with van der Waals surface area (Å²) in [6.45, 7) is 3.42. The SMILES string of the molecule is CCCCCC(=O)c1ccc(C2OCCO2)s1. The Bertz CT molecular complexity index is 366. The molecule has 0 aliphatic carbocycles. The standard InChI is InChI=1S/C13H18O3S/c1-2-3-4-5-10(14)11-6-7-12(17-11)13-15-8-9-16-13/h6-7,13H,2-5,8-9H2,1H3. The molecule has 2 rings (SSSR count). The molecule has 1 aliphatic rings. The molecular formula is C13H18O3S. The number of carbonyl (C=O) groups is 1. The van der Waals surface area contributed by atoms with Gasteiger partial charge in [-0.05, 0) is 18.6 Å². The molecular weight excluding hydrogens is 236 g/mol. The second-order valence-corrected chi connectivity index (χ2v) is 5.27. The van der Waals surface area contributed by atoms with Crippen LogP contribution in [0.15, 0.2) is 12.1 Å². The maximum atomic E-state index is 11.9. The number of ketones is 1. The molecule has 0 saturated carbocycles. The third kappa shape index (κ3) is 3.37. The van der Waals surface area contributed by atoms with Gasteiger partial charge in [0.05, 0.1) is 23.0 Å². The quantitative estimate of drug-likeness (QED) is 0.575. The van der Waals surface area contributed by atoms with Crippen molar-refractivity contribution in [2.45, 2.75) is 38.9 Å². The zero-order chi connectivity index (χ0) is 12.1. The Morgan fingerprint density at radius 2 is 2.12 bits per heavy atom. The number of Topliss-reactive ketones (excluding diaryl/α,β-unsaturated/α-hetero) is 1. The molecule has 1 aromatic rings. The maximum Gasteiger partial charge on any atom is 0.193 e. The zero-order valence-corrected chi connectivity index (χ0v) is 10.9. The van der Waals surface area contributed by atoms with Crippen molar-refractivity contribution in [3.63, 3.8) is 0 Å². The smallest absolute Gasteiger partial charge is 0.193 e. The van der Waals surface area contributed by atoms with Crippen molar-refractivity contribution < 1.29 is 14.3 Å².